The molecule has 2 fully saturated rings. The van der Waals surface area contributed by atoms with Gasteiger partial charge >= 0.3 is 6.18 Å². The molecule has 0 aromatic heterocycles. The number of likely N-dealkylation sites (N-methyl/N-ethyl adjacent to an activating group) is 1. The van der Waals surface area contributed by atoms with Crippen LogP contribution in [0.3, 0.4) is 0 Å². The van der Waals surface area contributed by atoms with E-state index in [2.05, 4.69) is 43.4 Å². The Labute approximate surface area is 232 Å². The summed E-state index contributed by atoms with van der Waals surface area (Å²) in [6, 6.07) is -2.27. The fourth-order valence-corrected chi connectivity index (χ4v) is 3.79. The molecule has 2 saturated heterocycles. The van der Waals surface area contributed by atoms with Crippen LogP contribution in [-0.2, 0) is 14.4 Å². The minimum Gasteiger partial charge on any atom is -0.353 e. The van der Waals surface area contributed by atoms with Crippen molar-refractivity contribution in [2.75, 3.05) is 59.4 Å². The molecule has 39 heavy (non-hydrogen) atoms. The fraction of sp³-hybridized carbons (Fsp3) is 0.885. The highest BCUT2D eigenvalue weighted by molar-refractivity contribution is 5.82. The third-order valence-electron chi connectivity index (χ3n) is 5.74. The number of alkyl halides is 3. The number of piperidine rings is 1. The number of piperazine rings is 1. The van der Waals surface area contributed by atoms with Crippen LogP contribution in [0.25, 0.3) is 0 Å². The summed E-state index contributed by atoms with van der Waals surface area (Å²) in [6.07, 6.45) is -0.856. The van der Waals surface area contributed by atoms with Crippen molar-refractivity contribution in [3.63, 3.8) is 0 Å². The molecular weight excluding hydrogens is 515 g/mol. The van der Waals surface area contributed by atoms with Crippen molar-refractivity contribution < 1.29 is 27.6 Å². The van der Waals surface area contributed by atoms with Gasteiger partial charge in [0.15, 0.2) is 6.04 Å². The number of carbonyl (C=O) groups excluding carboxylic acids is 3. The van der Waals surface area contributed by atoms with Gasteiger partial charge in [0.1, 0.15) is 0 Å². The molecule has 2 heterocycles. The van der Waals surface area contributed by atoms with E-state index in [1.54, 1.807) is 13.8 Å². The normalized spacial score (nSPS) is 18.0. The molecule has 0 spiro atoms. The molecule has 10 nitrogen and oxygen atoms in total. The summed E-state index contributed by atoms with van der Waals surface area (Å²) >= 11 is 0. The van der Waals surface area contributed by atoms with Gasteiger partial charge in [-0.3, -0.25) is 24.2 Å². The van der Waals surface area contributed by atoms with Gasteiger partial charge in [-0.1, -0.05) is 6.42 Å². The average Bonchev–Trinajstić information content (AvgIpc) is 2.79. The lowest BCUT2D eigenvalue weighted by molar-refractivity contribution is -0.163. The molecule has 0 aromatic carbocycles. The van der Waals surface area contributed by atoms with Crippen LogP contribution in [-0.4, -0.2) is 122 Å². The van der Waals surface area contributed by atoms with Crippen LogP contribution in [0.4, 0.5) is 13.2 Å². The number of halogens is 3. The maximum Gasteiger partial charge on any atom is 0.412 e. The Kier molecular flexibility index (Phi) is 18.2. The van der Waals surface area contributed by atoms with Crippen molar-refractivity contribution in [3.05, 3.63) is 0 Å². The van der Waals surface area contributed by atoms with Gasteiger partial charge < -0.3 is 26.6 Å². The first-order chi connectivity index (χ1) is 18.0. The lowest BCUT2D eigenvalue weighted by Crippen LogP contribution is -2.51. The smallest absolute Gasteiger partial charge is 0.353 e. The van der Waals surface area contributed by atoms with Gasteiger partial charge in [-0.05, 0) is 74.5 Å². The summed E-state index contributed by atoms with van der Waals surface area (Å²) in [4.78, 5) is 40.2. The largest absolute Gasteiger partial charge is 0.412 e. The van der Waals surface area contributed by atoms with Gasteiger partial charge in [-0.15, -0.1) is 0 Å². The number of likely N-dealkylation sites (tertiary alicyclic amines) is 1. The van der Waals surface area contributed by atoms with E-state index in [1.807, 2.05) is 27.7 Å². The van der Waals surface area contributed by atoms with E-state index in [9.17, 15) is 27.6 Å². The van der Waals surface area contributed by atoms with Crippen molar-refractivity contribution in [3.8, 4) is 0 Å². The molecule has 0 saturated carbocycles. The first kappa shape index (κ1) is 37.0. The molecule has 0 bridgehead atoms. The highest BCUT2D eigenvalue weighted by Gasteiger charge is 2.42. The third kappa shape index (κ3) is 19.7. The molecule has 0 radical (unpaired) electrons. The number of hydrogen-bond donors (Lipinski definition) is 4. The lowest BCUT2D eigenvalue weighted by atomic mass is 10.1. The summed E-state index contributed by atoms with van der Waals surface area (Å²) < 4.78 is 35.3. The van der Waals surface area contributed by atoms with E-state index in [-0.39, 0.29) is 29.9 Å². The Morgan fingerprint density at radius 3 is 1.44 bits per heavy atom. The summed E-state index contributed by atoms with van der Waals surface area (Å²) in [5, 5.41) is 7.88. The third-order valence-corrected chi connectivity index (χ3v) is 5.74. The zero-order valence-electron chi connectivity index (χ0n) is 24.9. The second-order valence-corrected chi connectivity index (χ2v) is 11.0. The lowest BCUT2D eigenvalue weighted by Gasteiger charge is -2.31. The highest BCUT2D eigenvalue weighted by atomic mass is 19.4. The molecule has 13 heteroatoms. The Hall–Kier alpha value is -1.96. The van der Waals surface area contributed by atoms with E-state index >= 15 is 0 Å². The monoisotopic (exact) mass is 567 g/mol. The molecule has 3 amide bonds. The topological polar surface area (TPSA) is 123 Å². The predicted octanol–water partition coefficient (Wildman–Crippen LogP) is 1.16. The molecule has 2 aliphatic heterocycles. The Morgan fingerprint density at radius 2 is 1.08 bits per heavy atom. The number of nitrogens with zero attached hydrogens (tertiary/aromatic N) is 3. The fourth-order valence-electron chi connectivity index (χ4n) is 3.79. The number of nitrogens with one attached hydrogen (secondary N) is 3. The van der Waals surface area contributed by atoms with Crippen LogP contribution in [0, 0.1) is 0 Å². The molecule has 2 rings (SSSR count). The molecular formula is C26H52F3N7O3. The summed E-state index contributed by atoms with van der Waals surface area (Å²) in [6.45, 7) is 18.5. The average molecular weight is 568 g/mol. The van der Waals surface area contributed by atoms with E-state index in [0.29, 0.717) is 13.1 Å². The second-order valence-electron chi connectivity index (χ2n) is 11.0. The summed E-state index contributed by atoms with van der Waals surface area (Å²) in [5.41, 5.74) is 4.61. The van der Waals surface area contributed by atoms with Crippen LogP contribution < -0.4 is 21.7 Å². The zero-order valence-corrected chi connectivity index (χ0v) is 24.9. The van der Waals surface area contributed by atoms with E-state index in [0.717, 1.165) is 39.3 Å². The van der Waals surface area contributed by atoms with Gasteiger partial charge in [0.25, 0.3) is 0 Å². The number of amides is 3. The molecule has 0 aliphatic carbocycles. The predicted molar refractivity (Wildman–Crippen MR) is 148 cm³/mol. The Morgan fingerprint density at radius 1 is 0.692 bits per heavy atom. The van der Waals surface area contributed by atoms with Crippen molar-refractivity contribution in [2.45, 2.75) is 91.1 Å². The van der Waals surface area contributed by atoms with Gasteiger partial charge in [-0.2, -0.15) is 13.2 Å². The Balaban J connectivity index is 0.000000558. The van der Waals surface area contributed by atoms with Crippen LogP contribution in [0.5, 0.6) is 0 Å². The van der Waals surface area contributed by atoms with Crippen molar-refractivity contribution >= 4 is 17.7 Å². The van der Waals surface area contributed by atoms with E-state index < -0.39 is 18.1 Å². The van der Waals surface area contributed by atoms with E-state index in [4.69, 9.17) is 0 Å². The van der Waals surface area contributed by atoms with Crippen LogP contribution in [0.2, 0.25) is 0 Å². The first-order valence-electron chi connectivity index (χ1n) is 13.9. The van der Waals surface area contributed by atoms with Gasteiger partial charge in [-0.25, -0.2) is 0 Å². The quantitative estimate of drug-likeness (QED) is 0.347. The minimum atomic E-state index is -4.67. The maximum atomic E-state index is 11.8. The van der Waals surface area contributed by atoms with E-state index in [1.165, 1.54) is 19.3 Å². The number of hydrogen-bond acceptors (Lipinski definition) is 7. The first-order valence-corrected chi connectivity index (χ1v) is 13.9. The van der Waals surface area contributed by atoms with Crippen molar-refractivity contribution in [1.29, 1.82) is 0 Å². The van der Waals surface area contributed by atoms with Gasteiger partial charge in [0.05, 0.1) is 13.1 Å². The maximum absolute atomic E-state index is 11.8. The van der Waals surface area contributed by atoms with Gasteiger partial charge in [0, 0.05) is 44.3 Å². The standard InChI is InChI=1S/C10H21N3O.C10H20N2O.C6H11F3N2O/c1-9(2)11-10(14)8-13-6-4-12(3)5-7-13;1-9(2)11-10(13)8-12-6-4-3-5-7-12;1-3(2)11-5(12)4(10)6(7,8)9/h9H,4-8H2,1-3H3,(H,11,14);9H,3-8H2,1-2H3,(H,11,13);3-4H,10H2,1-2H3,(H,11,12)/t;;4-/m..0/s1. The second kappa shape index (κ2) is 19.2. The highest BCUT2D eigenvalue weighted by Crippen LogP contribution is 2.18. The number of carbonyl (C=O) groups is 3. The van der Waals surface area contributed by atoms with Crippen molar-refractivity contribution in [2.24, 2.45) is 5.73 Å². The molecule has 1 atom stereocenters. The summed E-state index contributed by atoms with van der Waals surface area (Å²) in [7, 11) is 2.12. The molecule has 0 unspecified atom stereocenters. The van der Waals surface area contributed by atoms with Crippen LogP contribution in [0.15, 0.2) is 0 Å². The van der Waals surface area contributed by atoms with Crippen LogP contribution in [0.1, 0.15) is 60.8 Å². The number of rotatable bonds is 8. The SMILES string of the molecule is CC(C)NC(=O)CN1CCCCC1.CC(C)NC(=O)CN1CCN(C)CC1.CC(C)NC(=O)[C@H](N)C(F)(F)F. The minimum absolute atomic E-state index is 0.143. The molecule has 0 aromatic rings. The molecule has 230 valence electrons. The van der Waals surface area contributed by atoms with Crippen LogP contribution >= 0.6 is 0 Å². The Bertz CT molecular complexity index is 707. The molecule has 5 N–H and O–H groups in total. The zero-order chi connectivity index (χ0) is 30.2. The number of nitrogens with two attached hydrogens (primary N) is 1. The van der Waals surface area contributed by atoms with Gasteiger partial charge in [0.2, 0.25) is 17.7 Å². The summed E-state index contributed by atoms with van der Waals surface area (Å²) in [5.74, 6) is -0.890. The molecule has 2 aliphatic rings. The van der Waals surface area contributed by atoms with Crippen molar-refractivity contribution in [1.82, 2.24) is 30.7 Å².